The van der Waals surface area contributed by atoms with Gasteiger partial charge >= 0.3 is 0 Å². The maximum Gasteiger partial charge on any atom is 0.0000101 e. The summed E-state index contributed by atoms with van der Waals surface area (Å²) >= 11 is 0. The fourth-order valence-electron chi connectivity index (χ4n) is 0.812. The van der Waals surface area contributed by atoms with Crippen LogP contribution >= 0.6 is 0 Å². The molecule has 0 bridgehead atoms. The minimum Gasteiger partial charge on any atom is -0.316 e. The Morgan fingerprint density at radius 3 is 1.18 bits per heavy atom. The molecular weight excluding hydrogens is 134 g/mol. The summed E-state index contributed by atoms with van der Waals surface area (Å²) in [5.41, 5.74) is 0.816. The molecule has 1 N–H and O–H groups in total. The Balaban J connectivity index is 3.44. The fourth-order valence-corrected chi connectivity index (χ4v) is 0.812. The second kappa shape index (κ2) is 3.57. The predicted molar refractivity (Wildman–Crippen MR) is 51.8 cm³/mol. The zero-order valence-corrected chi connectivity index (χ0v) is 8.91. The molecule has 0 fully saturated rings. The fraction of sp³-hybridized carbons (Fsp3) is 1.00. The van der Waals surface area contributed by atoms with Crippen molar-refractivity contribution in [2.75, 3.05) is 13.1 Å². The molecule has 0 amide bonds. The molecule has 0 saturated carbocycles. The molecule has 0 aromatic carbocycles. The molecule has 1 nitrogen and oxygen atoms in total. The van der Waals surface area contributed by atoms with Gasteiger partial charge in [0.2, 0.25) is 0 Å². The summed E-state index contributed by atoms with van der Waals surface area (Å²) in [5.74, 6) is 0. The summed E-state index contributed by atoms with van der Waals surface area (Å²) in [5, 5.41) is 3.47. The summed E-state index contributed by atoms with van der Waals surface area (Å²) in [4.78, 5) is 0. The van der Waals surface area contributed by atoms with Gasteiger partial charge in [-0.05, 0) is 10.8 Å². The first kappa shape index (κ1) is 11.0. The monoisotopic (exact) mass is 157 g/mol. The molecule has 0 aromatic heterocycles. The molecule has 68 valence electrons. The lowest BCUT2D eigenvalue weighted by Gasteiger charge is -2.24. The SMILES string of the molecule is CC(C)(C)CNCC(C)(C)C. The maximum atomic E-state index is 3.47. The van der Waals surface area contributed by atoms with E-state index in [2.05, 4.69) is 46.9 Å². The van der Waals surface area contributed by atoms with E-state index in [-0.39, 0.29) is 0 Å². The molecule has 0 saturated heterocycles. The summed E-state index contributed by atoms with van der Waals surface area (Å²) in [6.07, 6.45) is 0. The third-order valence-electron chi connectivity index (χ3n) is 1.31. The van der Waals surface area contributed by atoms with E-state index in [0.29, 0.717) is 10.8 Å². The highest BCUT2D eigenvalue weighted by atomic mass is 14.9. The Morgan fingerprint density at radius 2 is 1.00 bits per heavy atom. The Kier molecular flexibility index (Phi) is 3.56. The lowest BCUT2D eigenvalue weighted by molar-refractivity contribution is 0.322. The number of hydrogen-bond donors (Lipinski definition) is 1. The highest BCUT2D eigenvalue weighted by Crippen LogP contribution is 2.13. The van der Waals surface area contributed by atoms with Crippen molar-refractivity contribution < 1.29 is 0 Å². The second-order valence-electron chi connectivity index (χ2n) is 5.72. The van der Waals surface area contributed by atoms with E-state index in [1.54, 1.807) is 0 Å². The average molecular weight is 157 g/mol. The minimum atomic E-state index is 0.408. The molecule has 11 heavy (non-hydrogen) atoms. The van der Waals surface area contributed by atoms with Crippen LogP contribution in [0, 0.1) is 10.8 Å². The van der Waals surface area contributed by atoms with Crippen LogP contribution in [-0.4, -0.2) is 13.1 Å². The van der Waals surface area contributed by atoms with E-state index in [9.17, 15) is 0 Å². The van der Waals surface area contributed by atoms with Gasteiger partial charge in [0.25, 0.3) is 0 Å². The molecule has 0 aliphatic carbocycles. The van der Waals surface area contributed by atoms with Crippen LogP contribution in [0.15, 0.2) is 0 Å². The van der Waals surface area contributed by atoms with Gasteiger partial charge in [-0.25, -0.2) is 0 Å². The summed E-state index contributed by atoms with van der Waals surface area (Å²) in [6.45, 7) is 15.7. The van der Waals surface area contributed by atoms with Gasteiger partial charge in [0, 0.05) is 13.1 Å². The van der Waals surface area contributed by atoms with E-state index in [1.807, 2.05) is 0 Å². The van der Waals surface area contributed by atoms with E-state index in [0.717, 1.165) is 13.1 Å². The van der Waals surface area contributed by atoms with E-state index in [4.69, 9.17) is 0 Å². The summed E-state index contributed by atoms with van der Waals surface area (Å²) in [6, 6.07) is 0. The highest BCUT2D eigenvalue weighted by Gasteiger charge is 2.13. The Hall–Kier alpha value is -0.0400. The molecular formula is C10H23N. The Bertz CT molecular complexity index is 89.0. The van der Waals surface area contributed by atoms with Crippen LogP contribution in [-0.2, 0) is 0 Å². The third-order valence-corrected chi connectivity index (χ3v) is 1.31. The smallest absolute Gasteiger partial charge is 0.0000101 e. The normalized spacial score (nSPS) is 13.6. The molecule has 0 unspecified atom stereocenters. The topological polar surface area (TPSA) is 12.0 Å². The van der Waals surface area contributed by atoms with Crippen molar-refractivity contribution >= 4 is 0 Å². The van der Waals surface area contributed by atoms with Gasteiger partial charge in [-0.1, -0.05) is 41.5 Å². The average Bonchev–Trinajstić information content (AvgIpc) is 1.55. The van der Waals surface area contributed by atoms with Crippen LogP contribution in [0.2, 0.25) is 0 Å². The van der Waals surface area contributed by atoms with Gasteiger partial charge in [0.1, 0.15) is 0 Å². The molecule has 0 rings (SSSR count). The lowest BCUT2D eigenvalue weighted by Crippen LogP contribution is -2.33. The Labute approximate surface area is 71.6 Å². The first-order valence-electron chi connectivity index (χ1n) is 4.41. The van der Waals surface area contributed by atoms with Gasteiger partial charge < -0.3 is 5.32 Å². The lowest BCUT2D eigenvalue weighted by atomic mass is 9.94. The quantitative estimate of drug-likeness (QED) is 0.650. The van der Waals surface area contributed by atoms with Gasteiger partial charge in [-0.3, -0.25) is 0 Å². The molecule has 0 aromatic rings. The molecule has 0 radical (unpaired) electrons. The number of rotatable bonds is 2. The first-order chi connectivity index (χ1) is 4.71. The van der Waals surface area contributed by atoms with Crippen molar-refractivity contribution in [2.24, 2.45) is 10.8 Å². The summed E-state index contributed by atoms with van der Waals surface area (Å²) < 4.78 is 0. The van der Waals surface area contributed by atoms with Crippen LogP contribution in [0.4, 0.5) is 0 Å². The second-order valence-corrected chi connectivity index (χ2v) is 5.72. The summed E-state index contributed by atoms with van der Waals surface area (Å²) in [7, 11) is 0. The van der Waals surface area contributed by atoms with Gasteiger partial charge in [0.05, 0.1) is 0 Å². The largest absolute Gasteiger partial charge is 0.316 e. The third kappa shape index (κ3) is 9.96. The Morgan fingerprint density at radius 1 is 0.727 bits per heavy atom. The maximum absolute atomic E-state index is 3.47. The zero-order valence-electron chi connectivity index (χ0n) is 8.91. The molecule has 0 aliphatic heterocycles. The van der Waals surface area contributed by atoms with Crippen molar-refractivity contribution in [1.29, 1.82) is 0 Å². The predicted octanol–water partition coefficient (Wildman–Crippen LogP) is 2.67. The van der Waals surface area contributed by atoms with Gasteiger partial charge in [0.15, 0.2) is 0 Å². The van der Waals surface area contributed by atoms with E-state index < -0.39 is 0 Å². The van der Waals surface area contributed by atoms with Crippen LogP contribution < -0.4 is 5.32 Å². The van der Waals surface area contributed by atoms with Gasteiger partial charge in [-0.2, -0.15) is 0 Å². The van der Waals surface area contributed by atoms with E-state index in [1.165, 1.54) is 0 Å². The number of hydrogen-bond acceptors (Lipinski definition) is 1. The van der Waals surface area contributed by atoms with Crippen LogP contribution in [0.25, 0.3) is 0 Å². The van der Waals surface area contributed by atoms with Crippen molar-refractivity contribution in [2.45, 2.75) is 41.5 Å². The van der Waals surface area contributed by atoms with Crippen LogP contribution in [0.5, 0.6) is 0 Å². The molecule has 0 heterocycles. The van der Waals surface area contributed by atoms with E-state index >= 15 is 0 Å². The van der Waals surface area contributed by atoms with Crippen molar-refractivity contribution in [3.8, 4) is 0 Å². The molecule has 0 atom stereocenters. The molecule has 1 heteroatoms. The van der Waals surface area contributed by atoms with Crippen molar-refractivity contribution in [3.63, 3.8) is 0 Å². The number of nitrogens with one attached hydrogen (secondary N) is 1. The van der Waals surface area contributed by atoms with Crippen LogP contribution in [0.3, 0.4) is 0 Å². The van der Waals surface area contributed by atoms with Gasteiger partial charge in [-0.15, -0.1) is 0 Å². The van der Waals surface area contributed by atoms with Crippen LogP contribution in [0.1, 0.15) is 41.5 Å². The minimum absolute atomic E-state index is 0.408. The molecule has 0 aliphatic rings. The standard InChI is InChI=1S/C10H23N/c1-9(2,3)7-11-8-10(4,5)6/h11H,7-8H2,1-6H3. The first-order valence-corrected chi connectivity index (χ1v) is 4.41. The van der Waals surface area contributed by atoms with Crippen molar-refractivity contribution in [1.82, 2.24) is 5.32 Å². The highest BCUT2D eigenvalue weighted by molar-refractivity contribution is 4.69. The van der Waals surface area contributed by atoms with Crippen molar-refractivity contribution in [3.05, 3.63) is 0 Å². The molecule has 0 spiro atoms. The zero-order chi connectivity index (χ0) is 9.12.